The summed E-state index contributed by atoms with van der Waals surface area (Å²) < 4.78 is 14.6. The van der Waals surface area contributed by atoms with E-state index in [0.717, 1.165) is 11.1 Å². The Labute approximate surface area is 162 Å². The van der Waals surface area contributed by atoms with Crippen LogP contribution in [0.1, 0.15) is 0 Å². The lowest BCUT2D eigenvalue weighted by Gasteiger charge is -2.22. The van der Waals surface area contributed by atoms with Crippen LogP contribution in [-0.2, 0) is 4.57 Å². The Morgan fingerprint density at radius 3 is 1.43 bits per heavy atom. The van der Waals surface area contributed by atoms with Crippen molar-refractivity contribution in [3.05, 3.63) is 91.0 Å². The average Bonchev–Trinajstić information content (AvgIpc) is 2.74. The molecule has 28 heavy (non-hydrogen) atoms. The van der Waals surface area contributed by atoms with Crippen molar-refractivity contribution in [3.63, 3.8) is 0 Å². The third-order valence-electron chi connectivity index (χ3n) is 5.34. The number of aromatic hydroxyl groups is 2. The molecule has 1 heterocycles. The minimum Gasteiger partial charge on any atom is -0.506 e. The van der Waals surface area contributed by atoms with Crippen LogP contribution >= 0.6 is 7.14 Å². The number of hydrogen-bond donors (Lipinski definition) is 2. The third-order valence-corrected chi connectivity index (χ3v) is 8.44. The first-order valence-corrected chi connectivity index (χ1v) is 10.7. The maximum absolute atomic E-state index is 14.6. The highest BCUT2D eigenvalue weighted by atomic mass is 31.2. The maximum Gasteiger partial charge on any atom is 0.178 e. The molecule has 4 aromatic carbocycles. The molecule has 4 heteroatoms. The predicted octanol–water partition coefficient (Wildman–Crippen LogP) is 4.38. The molecule has 0 atom stereocenters. The Hall–Kier alpha value is -3.29. The maximum atomic E-state index is 14.6. The third kappa shape index (κ3) is 2.20. The highest BCUT2D eigenvalue weighted by molar-refractivity contribution is 7.85. The Morgan fingerprint density at radius 2 is 0.929 bits per heavy atom. The Kier molecular flexibility index (Phi) is 3.68. The lowest BCUT2D eigenvalue weighted by Crippen LogP contribution is -2.25. The number of hydrogen-bond acceptors (Lipinski definition) is 3. The molecule has 0 fully saturated rings. The first-order valence-electron chi connectivity index (χ1n) is 9.03. The highest BCUT2D eigenvalue weighted by Gasteiger charge is 2.37. The zero-order valence-corrected chi connectivity index (χ0v) is 15.8. The number of benzene rings is 4. The standard InChI is InChI=1S/C24H17O3P/c25-23-19-12-6-14-21(23)28(27,16-8-2-1-3-9-16)22-15-7-13-20(24(22)26)18-11-5-4-10-17(18)19/h1-15,25-26H. The smallest absolute Gasteiger partial charge is 0.178 e. The van der Waals surface area contributed by atoms with Crippen LogP contribution in [0.5, 0.6) is 11.5 Å². The normalized spacial score (nSPS) is 13.7. The van der Waals surface area contributed by atoms with Crippen molar-refractivity contribution >= 4 is 23.1 Å². The van der Waals surface area contributed by atoms with E-state index in [9.17, 15) is 14.8 Å². The molecule has 3 nitrogen and oxygen atoms in total. The molecular weight excluding hydrogens is 367 g/mol. The minimum atomic E-state index is -3.49. The predicted molar refractivity (Wildman–Crippen MR) is 114 cm³/mol. The van der Waals surface area contributed by atoms with Gasteiger partial charge in [0.05, 0.1) is 10.6 Å². The van der Waals surface area contributed by atoms with E-state index in [-0.39, 0.29) is 11.5 Å². The van der Waals surface area contributed by atoms with E-state index in [1.807, 2.05) is 66.7 Å². The summed E-state index contributed by atoms with van der Waals surface area (Å²) in [7, 11) is -3.49. The van der Waals surface area contributed by atoms with E-state index < -0.39 is 7.14 Å². The summed E-state index contributed by atoms with van der Waals surface area (Å²) in [6.07, 6.45) is 0. The molecule has 0 saturated carbocycles. The second kappa shape index (κ2) is 6.12. The van der Waals surface area contributed by atoms with Gasteiger partial charge < -0.3 is 14.8 Å². The van der Waals surface area contributed by atoms with Crippen LogP contribution in [0.4, 0.5) is 0 Å². The van der Waals surface area contributed by atoms with Gasteiger partial charge in [-0.1, -0.05) is 78.9 Å². The topological polar surface area (TPSA) is 57.5 Å². The summed E-state index contributed by atoms with van der Waals surface area (Å²) in [5, 5.41) is 23.7. The average molecular weight is 384 g/mol. The number of phenolic OH excluding ortho intramolecular Hbond substituents is 2. The van der Waals surface area contributed by atoms with Crippen molar-refractivity contribution in [3.8, 4) is 33.8 Å². The van der Waals surface area contributed by atoms with Gasteiger partial charge in [0.25, 0.3) is 0 Å². The van der Waals surface area contributed by atoms with Crippen molar-refractivity contribution in [1.82, 2.24) is 0 Å². The van der Waals surface area contributed by atoms with Crippen LogP contribution in [0.2, 0.25) is 0 Å². The molecule has 2 N–H and O–H groups in total. The van der Waals surface area contributed by atoms with Gasteiger partial charge >= 0.3 is 0 Å². The van der Waals surface area contributed by atoms with E-state index in [0.29, 0.717) is 27.0 Å². The van der Waals surface area contributed by atoms with Gasteiger partial charge in [-0.05, 0) is 23.3 Å². The van der Waals surface area contributed by atoms with E-state index in [2.05, 4.69) is 0 Å². The van der Waals surface area contributed by atoms with Crippen LogP contribution in [0.25, 0.3) is 22.3 Å². The molecule has 1 aliphatic heterocycles. The van der Waals surface area contributed by atoms with Gasteiger partial charge in [0.15, 0.2) is 7.14 Å². The van der Waals surface area contributed by atoms with Crippen molar-refractivity contribution in [1.29, 1.82) is 0 Å². The van der Waals surface area contributed by atoms with Crippen molar-refractivity contribution in [2.75, 3.05) is 0 Å². The second-order valence-corrected chi connectivity index (χ2v) is 9.54. The Balaban J connectivity index is 2.02. The van der Waals surface area contributed by atoms with Gasteiger partial charge in [0, 0.05) is 16.4 Å². The van der Waals surface area contributed by atoms with E-state index in [4.69, 9.17) is 0 Å². The molecule has 0 radical (unpaired) electrons. The molecule has 0 amide bonds. The highest BCUT2D eigenvalue weighted by Crippen LogP contribution is 2.52. The zero-order valence-electron chi connectivity index (χ0n) is 14.9. The number of rotatable bonds is 1. The quantitative estimate of drug-likeness (QED) is 0.422. The van der Waals surface area contributed by atoms with Crippen LogP contribution in [0, 0.1) is 0 Å². The number of para-hydroxylation sites is 2. The number of fused-ring (bicyclic) bond motifs is 7. The van der Waals surface area contributed by atoms with Crippen LogP contribution in [-0.4, -0.2) is 10.2 Å². The van der Waals surface area contributed by atoms with E-state index in [1.54, 1.807) is 24.3 Å². The summed E-state index contributed by atoms with van der Waals surface area (Å²) in [5.41, 5.74) is 2.78. The molecule has 0 aromatic heterocycles. The van der Waals surface area contributed by atoms with Gasteiger partial charge in [-0.2, -0.15) is 0 Å². The molecular formula is C24H17O3P. The SMILES string of the molecule is O=P1(c2ccccc2)c2cccc(c2O)-c2ccccc2-c2cccc1c2O. The van der Waals surface area contributed by atoms with Crippen LogP contribution in [0.3, 0.4) is 0 Å². The van der Waals surface area contributed by atoms with Crippen LogP contribution in [0.15, 0.2) is 91.0 Å². The summed E-state index contributed by atoms with van der Waals surface area (Å²) >= 11 is 0. The molecule has 5 rings (SSSR count). The molecule has 1 aliphatic rings. The van der Waals surface area contributed by atoms with Crippen LogP contribution < -0.4 is 15.9 Å². The molecule has 0 aliphatic carbocycles. The Bertz CT molecular complexity index is 1190. The largest absolute Gasteiger partial charge is 0.506 e. The summed E-state index contributed by atoms with van der Waals surface area (Å²) in [6, 6.07) is 27.3. The monoisotopic (exact) mass is 384 g/mol. The molecule has 4 aromatic rings. The van der Waals surface area contributed by atoms with Gasteiger partial charge in [0.2, 0.25) is 0 Å². The summed E-state index contributed by atoms with van der Waals surface area (Å²) in [6.45, 7) is 0. The van der Waals surface area contributed by atoms with Gasteiger partial charge in [0.1, 0.15) is 11.5 Å². The van der Waals surface area contributed by atoms with Gasteiger partial charge in [-0.3, -0.25) is 0 Å². The molecule has 0 unspecified atom stereocenters. The fraction of sp³-hybridized carbons (Fsp3) is 0. The Morgan fingerprint density at radius 1 is 0.500 bits per heavy atom. The molecule has 0 spiro atoms. The molecule has 0 saturated heterocycles. The lowest BCUT2D eigenvalue weighted by molar-refractivity contribution is 0.480. The van der Waals surface area contributed by atoms with Crippen molar-refractivity contribution in [2.24, 2.45) is 0 Å². The number of phenols is 2. The first-order chi connectivity index (χ1) is 13.6. The van der Waals surface area contributed by atoms with Crippen molar-refractivity contribution in [2.45, 2.75) is 0 Å². The van der Waals surface area contributed by atoms with Gasteiger partial charge in [-0.25, -0.2) is 0 Å². The second-order valence-electron chi connectivity index (χ2n) is 6.84. The first kappa shape index (κ1) is 16.9. The summed E-state index contributed by atoms with van der Waals surface area (Å²) in [5.74, 6) is -0.0204. The van der Waals surface area contributed by atoms with E-state index in [1.165, 1.54) is 0 Å². The fourth-order valence-electron chi connectivity index (χ4n) is 4.00. The summed E-state index contributed by atoms with van der Waals surface area (Å²) in [4.78, 5) is 0. The molecule has 4 bridgehead atoms. The zero-order chi connectivity index (χ0) is 19.3. The lowest BCUT2D eigenvalue weighted by atomic mass is 9.93. The minimum absolute atomic E-state index is 0.0102. The molecule has 136 valence electrons. The van der Waals surface area contributed by atoms with Crippen molar-refractivity contribution < 1.29 is 14.8 Å². The van der Waals surface area contributed by atoms with Gasteiger partial charge in [-0.15, -0.1) is 0 Å². The van der Waals surface area contributed by atoms with E-state index >= 15 is 0 Å². The fourth-order valence-corrected chi connectivity index (χ4v) is 6.84.